The first-order valence-corrected chi connectivity index (χ1v) is 5.77. The predicted octanol–water partition coefficient (Wildman–Crippen LogP) is 3.20. The van der Waals surface area contributed by atoms with Crippen LogP contribution in [-0.4, -0.2) is 13.1 Å². The van der Waals surface area contributed by atoms with Crippen molar-refractivity contribution < 1.29 is 0 Å². The molecule has 0 saturated heterocycles. The SMILES string of the molecule is CCC(C)(C)C1CCC(NC)CC1. The van der Waals surface area contributed by atoms with Gasteiger partial charge in [-0.2, -0.15) is 0 Å². The van der Waals surface area contributed by atoms with Crippen molar-refractivity contribution in [2.24, 2.45) is 11.3 Å². The van der Waals surface area contributed by atoms with Crippen LogP contribution in [0.5, 0.6) is 0 Å². The van der Waals surface area contributed by atoms with E-state index in [1.54, 1.807) is 0 Å². The van der Waals surface area contributed by atoms with Crippen LogP contribution in [0, 0.1) is 11.3 Å². The number of rotatable bonds is 3. The van der Waals surface area contributed by atoms with E-state index < -0.39 is 0 Å². The van der Waals surface area contributed by atoms with Gasteiger partial charge >= 0.3 is 0 Å². The second kappa shape index (κ2) is 4.45. The Kier molecular flexibility index (Phi) is 3.78. The highest BCUT2D eigenvalue weighted by atomic mass is 14.9. The van der Waals surface area contributed by atoms with Crippen LogP contribution in [-0.2, 0) is 0 Å². The van der Waals surface area contributed by atoms with E-state index >= 15 is 0 Å². The second-order valence-corrected chi connectivity index (χ2v) is 5.18. The van der Waals surface area contributed by atoms with Gasteiger partial charge in [0.05, 0.1) is 0 Å². The van der Waals surface area contributed by atoms with Gasteiger partial charge in [0, 0.05) is 6.04 Å². The summed E-state index contributed by atoms with van der Waals surface area (Å²) in [4.78, 5) is 0. The molecule has 0 spiro atoms. The molecule has 1 nitrogen and oxygen atoms in total. The molecule has 0 amide bonds. The van der Waals surface area contributed by atoms with Gasteiger partial charge in [-0.3, -0.25) is 0 Å². The van der Waals surface area contributed by atoms with Crippen LogP contribution in [0.15, 0.2) is 0 Å². The van der Waals surface area contributed by atoms with Gasteiger partial charge in [0.25, 0.3) is 0 Å². The van der Waals surface area contributed by atoms with Gasteiger partial charge in [-0.25, -0.2) is 0 Å². The molecule has 1 fully saturated rings. The van der Waals surface area contributed by atoms with Crippen LogP contribution in [0.4, 0.5) is 0 Å². The molecule has 1 rings (SSSR count). The molecule has 1 N–H and O–H groups in total. The molecule has 0 aliphatic heterocycles. The first-order chi connectivity index (χ1) is 6.10. The highest BCUT2D eigenvalue weighted by molar-refractivity contribution is 4.84. The van der Waals surface area contributed by atoms with Gasteiger partial charge < -0.3 is 5.32 Å². The Morgan fingerprint density at radius 3 is 2.08 bits per heavy atom. The molecule has 0 heterocycles. The lowest BCUT2D eigenvalue weighted by molar-refractivity contribution is 0.139. The van der Waals surface area contributed by atoms with Crippen molar-refractivity contribution in [2.45, 2.75) is 58.9 Å². The molecule has 1 saturated carbocycles. The summed E-state index contributed by atoms with van der Waals surface area (Å²) in [7, 11) is 2.09. The third-order valence-electron chi connectivity index (χ3n) is 4.15. The molecule has 78 valence electrons. The van der Waals surface area contributed by atoms with Gasteiger partial charge in [-0.15, -0.1) is 0 Å². The van der Waals surface area contributed by atoms with Crippen LogP contribution in [0.25, 0.3) is 0 Å². The molecule has 0 radical (unpaired) electrons. The Morgan fingerprint density at radius 1 is 1.15 bits per heavy atom. The van der Waals surface area contributed by atoms with Crippen LogP contribution in [0.2, 0.25) is 0 Å². The summed E-state index contributed by atoms with van der Waals surface area (Å²) in [5, 5.41) is 3.39. The largest absolute Gasteiger partial charge is 0.317 e. The minimum atomic E-state index is 0.568. The molecular formula is C12H25N. The van der Waals surface area contributed by atoms with E-state index in [0.717, 1.165) is 12.0 Å². The summed E-state index contributed by atoms with van der Waals surface area (Å²) in [6.45, 7) is 7.18. The maximum absolute atomic E-state index is 3.39. The molecular weight excluding hydrogens is 158 g/mol. The average Bonchev–Trinajstić information content (AvgIpc) is 2.18. The third kappa shape index (κ3) is 2.70. The lowest BCUT2D eigenvalue weighted by Crippen LogP contribution is -2.34. The molecule has 0 atom stereocenters. The van der Waals surface area contributed by atoms with Gasteiger partial charge in [0.1, 0.15) is 0 Å². The minimum Gasteiger partial charge on any atom is -0.317 e. The van der Waals surface area contributed by atoms with Gasteiger partial charge in [0.15, 0.2) is 0 Å². The fourth-order valence-corrected chi connectivity index (χ4v) is 2.45. The van der Waals surface area contributed by atoms with Crippen molar-refractivity contribution >= 4 is 0 Å². The first kappa shape index (κ1) is 11.0. The standard InChI is InChI=1S/C12H25N/c1-5-12(2,3)10-6-8-11(13-4)9-7-10/h10-11,13H,5-9H2,1-4H3. The van der Waals surface area contributed by atoms with Gasteiger partial charge in [-0.1, -0.05) is 27.2 Å². The van der Waals surface area contributed by atoms with E-state index in [9.17, 15) is 0 Å². The first-order valence-electron chi connectivity index (χ1n) is 5.77. The maximum Gasteiger partial charge on any atom is 0.00642 e. The van der Waals surface area contributed by atoms with Crippen molar-refractivity contribution in [2.75, 3.05) is 7.05 Å². The Balaban J connectivity index is 2.40. The lowest BCUT2D eigenvalue weighted by atomic mass is 9.69. The zero-order valence-corrected chi connectivity index (χ0v) is 9.69. The Labute approximate surface area is 83.3 Å². The predicted molar refractivity (Wildman–Crippen MR) is 58.9 cm³/mol. The van der Waals surface area contributed by atoms with Gasteiger partial charge in [-0.05, 0) is 44.1 Å². The van der Waals surface area contributed by atoms with Crippen LogP contribution in [0.1, 0.15) is 52.9 Å². The normalized spacial score (nSPS) is 30.5. The van der Waals surface area contributed by atoms with Crippen LogP contribution >= 0.6 is 0 Å². The fraction of sp³-hybridized carbons (Fsp3) is 1.00. The monoisotopic (exact) mass is 183 g/mol. The maximum atomic E-state index is 3.39. The van der Waals surface area contributed by atoms with E-state index in [4.69, 9.17) is 0 Å². The zero-order chi connectivity index (χ0) is 9.90. The van der Waals surface area contributed by atoms with Crippen molar-refractivity contribution in [1.29, 1.82) is 0 Å². The van der Waals surface area contributed by atoms with Crippen molar-refractivity contribution in [1.82, 2.24) is 5.32 Å². The quantitative estimate of drug-likeness (QED) is 0.708. The molecule has 13 heavy (non-hydrogen) atoms. The second-order valence-electron chi connectivity index (χ2n) is 5.18. The highest BCUT2D eigenvalue weighted by Crippen LogP contribution is 2.40. The molecule has 1 aliphatic carbocycles. The smallest absolute Gasteiger partial charge is 0.00642 e. The number of hydrogen-bond acceptors (Lipinski definition) is 1. The number of nitrogens with one attached hydrogen (secondary N) is 1. The topological polar surface area (TPSA) is 12.0 Å². The summed E-state index contributed by atoms with van der Waals surface area (Å²) < 4.78 is 0. The van der Waals surface area contributed by atoms with E-state index in [2.05, 4.69) is 33.1 Å². The summed E-state index contributed by atoms with van der Waals surface area (Å²) in [5.74, 6) is 0.960. The van der Waals surface area contributed by atoms with E-state index in [1.165, 1.54) is 32.1 Å². The Hall–Kier alpha value is -0.0400. The fourth-order valence-electron chi connectivity index (χ4n) is 2.45. The van der Waals surface area contributed by atoms with Crippen molar-refractivity contribution in [3.8, 4) is 0 Å². The van der Waals surface area contributed by atoms with E-state index in [-0.39, 0.29) is 0 Å². The molecule has 0 aromatic carbocycles. The van der Waals surface area contributed by atoms with E-state index in [1.807, 2.05) is 0 Å². The van der Waals surface area contributed by atoms with Crippen LogP contribution < -0.4 is 5.32 Å². The van der Waals surface area contributed by atoms with Crippen LogP contribution in [0.3, 0.4) is 0 Å². The summed E-state index contributed by atoms with van der Waals surface area (Å²) in [6.07, 6.45) is 6.93. The minimum absolute atomic E-state index is 0.568. The molecule has 1 heteroatoms. The molecule has 1 aliphatic rings. The van der Waals surface area contributed by atoms with Crippen molar-refractivity contribution in [3.05, 3.63) is 0 Å². The molecule has 0 bridgehead atoms. The highest BCUT2D eigenvalue weighted by Gasteiger charge is 2.31. The molecule has 0 aromatic heterocycles. The average molecular weight is 183 g/mol. The Bertz CT molecular complexity index is 143. The van der Waals surface area contributed by atoms with Crippen molar-refractivity contribution in [3.63, 3.8) is 0 Å². The third-order valence-corrected chi connectivity index (χ3v) is 4.15. The van der Waals surface area contributed by atoms with E-state index in [0.29, 0.717) is 5.41 Å². The molecule has 0 unspecified atom stereocenters. The Morgan fingerprint density at radius 2 is 1.69 bits per heavy atom. The van der Waals surface area contributed by atoms with Gasteiger partial charge in [0.2, 0.25) is 0 Å². The molecule has 0 aromatic rings. The summed E-state index contributed by atoms with van der Waals surface area (Å²) in [5.41, 5.74) is 0.568. The summed E-state index contributed by atoms with van der Waals surface area (Å²) in [6, 6.07) is 0.795. The summed E-state index contributed by atoms with van der Waals surface area (Å²) >= 11 is 0. The lowest BCUT2D eigenvalue weighted by Gasteiger charge is -2.38. The zero-order valence-electron chi connectivity index (χ0n) is 9.69. The number of hydrogen-bond donors (Lipinski definition) is 1.